The van der Waals surface area contributed by atoms with E-state index in [0.29, 0.717) is 16.1 Å². The molecule has 0 radical (unpaired) electrons. The highest BCUT2D eigenvalue weighted by Crippen LogP contribution is 2.32. The van der Waals surface area contributed by atoms with Crippen LogP contribution in [0.15, 0.2) is 23.8 Å². The Hall–Kier alpha value is -2.59. The van der Waals surface area contributed by atoms with Crippen molar-refractivity contribution in [3.63, 3.8) is 0 Å². The summed E-state index contributed by atoms with van der Waals surface area (Å²) in [6, 6.07) is 1.71. The van der Waals surface area contributed by atoms with Crippen LogP contribution in [-0.4, -0.2) is 26.0 Å². The van der Waals surface area contributed by atoms with Crippen LogP contribution in [0.2, 0.25) is 0 Å². The Morgan fingerprint density at radius 2 is 2.00 bits per heavy atom. The summed E-state index contributed by atoms with van der Waals surface area (Å²) in [4.78, 5) is 28.4. The molecule has 0 aromatic carbocycles. The fourth-order valence-electron chi connectivity index (χ4n) is 1.63. The van der Waals surface area contributed by atoms with E-state index in [1.807, 2.05) is 19.2 Å². The molecule has 1 amide bonds. The first-order valence-electron chi connectivity index (χ1n) is 6.52. The van der Waals surface area contributed by atoms with E-state index in [4.69, 9.17) is 4.74 Å². The number of aryl methyl sites for hydroxylation is 2. The molecule has 0 saturated carbocycles. The second kappa shape index (κ2) is 6.67. The molecule has 8 nitrogen and oxygen atoms in total. The largest absolute Gasteiger partial charge is 0.420 e. The highest BCUT2D eigenvalue weighted by atomic mass is 32.1. The average Bonchev–Trinajstić information content (AvgIpc) is 3.06. The van der Waals surface area contributed by atoms with Crippen molar-refractivity contribution in [3.8, 4) is 5.88 Å². The minimum atomic E-state index is -0.651. The van der Waals surface area contributed by atoms with Crippen LogP contribution >= 0.6 is 22.7 Å². The number of hydrogen-bond donors (Lipinski definition) is 2. The Balaban J connectivity index is 1.71. The van der Waals surface area contributed by atoms with Gasteiger partial charge in [-0.3, -0.25) is 5.32 Å². The van der Waals surface area contributed by atoms with Gasteiger partial charge in [0.15, 0.2) is 10.1 Å². The molecule has 0 aliphatic heterocycles. The molecule has 0 aliphatic carbocycles. The Morgan fingerprint density at radius 3 is 2.70 bits per heavy atom. The number of rotatable bonds is 4. The van der Waals surface area contributed by atoms with Crippen molar-refractivity contribution in [2.45, 2.75) is 13.8 Å². The molecule has 0 unspecified atom stereocenters. The zero-order valence-electron chi connectivity index (χ0n) is 12.2. The van der Waals surface area contributed by atoms with Gasteiger partial charge < -0.3 is 10.1 Å². The Morgan fingerprint density at radius 1 is 1.22 bits per heavy atom. The van der Waals surface area contributed by atoms with Crippen LogP contribution in [0.25, 0.3) is 0 Å². The highest BCUT2D eigenvalue weighted by molar-refractivity contribution is 7.16. The third kappa shape index (κ3) is 3.99. The number of carbonyl (C=O) groups is 1. The number of ether oxygens (including phenoxy) is 1. The normalized spacial score (nSPS) is 10.3. The number of amides is 1. The van der Waals surface area contributed by atoms with E-state index in [9.17, 15) is 4.79 Å². The second-order valence-corrected chi connectivity index (χ2v) is 6.43. The van der Waals surface area contributed by atoms with Gasteiger partial charge in [-0.25, -0.2) is 24.7 Å². The third-order valence-electron chi connectivity index (χ3n) is 2.51. The molecule has 3 aromatic heterocycles. The van der Waals surface area contributed by atoms with Crippen molar-refractivity contribution in [2.75, 3.05) is 10.6 Å². The van der Waals surface area contributed by atoms with Gasteiger partial charge in [-0.05, 0) is 19.9 Å². The number of hydrogen-bond acceptors (Lipinski definition) is 9. The van der Waals surface area contributed by atoms with Gasteiger partial charge >= 0.3 is 6.09 Å². The molecule has 0 spiro atoms. The predicted octanol–water partition coefficient (Wildman–Crippen LogP) is 3.36. The van der Waals surface area contributed by atoms with Gasteiger partial charge in [0.25, 0.3) is 5.88 Å². The maximum atomic E-state index is 11.9. The summed E-state index contributed by atoms with van der Waals surface area (Å²) in [6.45, 7) is 3.66. The first kappa shape index (κ1) is 15.3. The van der Waals surface area contributed by atoms with Crippen LogP contribution in [0.1, 0.15) is 10.7 Å². The van der Waals surface area contributed by atoms with Gasteiger partial charge in [-0.15, -0.1) is 11.3 Å². The van der Waals surface area contributed by atoms with Crippen molar-refractivity contribution in [1.29, 1.82) is 0 Å². The van der Waals surface area contributed by atoms with Gasteiger partial charge in [-0.1, -0.05) is 11.3 Å². The molecule has 10 heteroatoms. The van der Waals surface area contributed by atoms with Gasteiger partial charge in [0.05, 0.1) is 10.7 Å². The lowest BCUT2D eigenvalue weighted by atomic mass is 10.6. The smallest absolute Gasteiger partial charge is 0.388 e. The Kier molecular flexibility index (Phi) is 4.44. The van der Waals surface area contributed by atoms with Crippen LogP contribution in [0.3, 0.4) is 0 Å². The Bertz CT molecular complexity index is 817. The van der Waals surface area contributed by atoms with Crippen LogP contribution < -0.4 is 15.4 Å². The van der Waals surface area contributed by atoms with Gasteiger partial charge in [0.2, 0.25) is 5.95 Å². The number of anilines is 3. The van der Waals surface area contributed by atoms with Crippen molar-refractivity contribution < 1.29 is 9.53 Å². The maximum Gasteiger partial charge on any atom is 0.420 e. The maximum absolute atomic E-state index is 11.9. The fraction of sp³-hybridized carbons (Fsp3) is 0.154. The molecule has 0 atom stereocenters. The zero-order chi connectivity index (χ0) is 16.2. The molecule has 3 aromatic rings. The minimum Gasteiger partial charge on any atom is -0.388 e. The van der Waals surface area contributed by atoms with Crippen molar-refractivity contribution in [3.05, 3.63) is 34.5 Å². The summed E-state index contributed by atoms with van der Waals surface area (Å²) in [5.74, 6) is 0.572. The molecule has 0 fully saturated rings. The molecule has 2 N–H and O–H groups in total. The quantitative estimate of drug-likeness (QED) is 0.745. The van der Waals surface area contributed by atoms with E-state index in [0.717, 1.165) is 10.7 Å². The third-order valence-corrected chi connectivity index (χ3v) is 4.25. The van der Waals surface area contributed by atoms with Gasteiger partial charge in [-0.2, -0.15) is 0 Å². The number of nitrogens with zero attached hydrogens (tertiary/aromatic N) is 4. The number of aromatic nitrogens is 4. The average molecular weight is 348 g/mol. The van der Waals surface area contributed by atoms with Gasteiger partial charge in [0, 0.05) is 17.8 Å². The molecular weight excluding hydrogens is 336 g/mol. The lowest BCUT2D eigenvalue weighted by molar-refractivity contribution is 0.214. The van der Waals surface area contributed by atoms with Crippen LogP contribution in [-0.2, 0) is 0 Å². The van der Waals surface area contributed by atoms with E-state index in [-0.39, 0.29) is 5.88 Å². The molecule has 118 valence electrons. The van der Waals surface area contributed by atoms with E-state index < -0.39 is 6.09 Å². The SMILES string of the molecule is Cc1csc(NC(=O)Oc2nc(C)sc2Nc2ncccn2)n1. The van der Waals surface area contributed by atoms with Crippen LogP contribution in [0, 0.1) is 13.8 Å². The van der Waals surface area contributed by atoms with Crippen molar-refractivity contribution in [2.24, 2.45) is 0 Å². The van der Waals surface area contributed by atoms with Gasteiger partial charge in [0.1, 0.15) is 0 Å². The molecule has 23 heavy (non-hydrogen) atoms. The lowest BCUT2D eigenvalue weighted by Crippen LogP contribution is -2.17. The first-order chi connectivity index (χ1) is 11.1. The molecular formula is C13H12N6O2S2. The van der Waals surface area contributed by atoms with E-state index in [1.54, 1.807) is 18.5 Å². The summed E-state index contributed by atoms with van der Waals surface area (Å²) in [6.07, 6.45) is 2.57. The molecule has 0 aliphatic rings. The molecule has 0 saturated heterocycles. The number of nitrogens with one attached hydrogen (secondary N) is 2. The minimum absolute atomic E-state index is 0.172. The molecule has 3 rings (SSSR count). The zero-order valence-corrected chi connectivity index (χ0v) is 13.9. The Labute approximate surface area is 139 Å². The van der Waals surface area contributed by atoms with E-state index in [2.05, 4.69) is 30.6 Å². The topological polar surface area (TPSA) is 102 Å². The predicted molar refractivity (Wildman–Crippen MR) is 88.7 cm³/mol. The highest BCUT2D eigenvalue weighted by Gasteiger charge is 2.16. The summed E-state index contributed by atoms with van der Waals surface area (Å²) in [5, 5.41) is 9.16. The monoisotopic (exact) mass is 348 g/mol. The second-order valence-electron chi connectivity index (χ2n) is 4.37. The van der Waals surface area contributed by atoms with Crippen LogP contribution in [0.5, 0.6) is 5.88 Å². The lowest BCUT2D eigenvalue weighted by Gasteiger charge is -2.05. The van der Waals surface area contributed by atoms with Crippen LogP contribution in [0.4, 0.5) is 20.9 Å². The molecule has 3 heterocycles. The first-order valence-corrected chi connectivity index (χ1v) is 8.22. The van der Waals surface area contributed by atoms with E-state index in [1.165, 1.54) is 22.7 Å². The van der Waals surface area contributed by atoms with Crippen molar-refractivity contribution >= 4 is 44.8 Å². The summed E-state index contributed by atoms with van der Waals surface area (Å²) < 4.78 is 5.25. The fourth-order valence-corrected chi connectivity index (χ4v) is 3.05. The summed E-state index contributed by atoms with van der Waals surface area (Å²) in [5.41, 5.74) is 0.832. The number of carbonyl (C=O) groups excluding carboxylic acids is 1. The number of thiazole rings is 2. The molecule has 0 bridgehead atoms. The summed E-state index contributed by atoms with van der Waals surface area (Å²) in [7, 11) is 0. The van der Waals surface area contributed by atoms with Crippen molar-refractivity contribution in [1.82, 2.24) is 19.9 Å². The van der Waals surface area contributed by atoms with E-state index >= 15 is 0 Å². The summed E-state index contributed by atoms with van der Waals surface area (Å²) >= 11 is 2.67. The standard InChI is InChI=1S/C13H12N6O2S2/c1-7-6-22-12(16-7)19-13(20)21-9-10(23-8(2)17-9)18-11-14-4-3-5-15-11/h3-6H,1-2H3,(H,14,15,18)(H,16,19,20).